The molecule has 150 valence electrons. The summed E-state index contributed by atoms with van der Waals surface area (Å²) in [7, 11) is 3.21. The first-order valence-corrected chi connectivity index (χ1v) is 9.88. The summed E-state index contributed by atoms with van der Waals surface area (Å²) in [5, 5.41) is 12.1. The molecular formula is C21H22N4O3S. The molecular weight excluding hydrogens is 388 g/mol. The summed E-state index contributed by atoms with van der Waals surface area (Å²) >= 11 is 1.32. The van der Waals surface area contributed by atoms with Crippen molar-refractivity contribution in [2.75, 3.05) is 25.3 Å². The van der Waals surface area contributed by atoms with Crippen LogP contribution in [0.15, 0.2) is 66.3 Å². The van der Waals surface area contributed by atoms with E-state index < -0.39 is 0 Å². The molecule has 0 spiro atoms. The number of nitrogens with zero attached hydrogens (tertiary/aromatic N) is 3. The summed E-state index contributed by atoms with van der Waals surface area (Å²) in [6.07, 6.45) is 1.77. The van der Waals surface area contributed by atoms with Crippen LogP contribution in [-0.2, 0) is 11.3 Å². The van der Waals surface area contributed by atoms with Crippen LogP contribution in [0.1, 0.15) is 0 Å². The zero-order valence-electron chi connectivity index (χ0n) is 16.3. The van der Waals surface area contributed by atoms with E-state index in [9.17, 15) is 4.79 Å². The molecule has 0 unspecified atom stereocenters. The SMILES string of the molecule is C=CCn1c(SCC(=O)Nc2cccc(OC)c2)nnc1-c1ccc(OC)cc1. The summed E-state index contributed by atoms with van der Waals surface area (Å²) in [5.41, 5.74) is 1.59. The molecule has 0 aliphatic carbocycles. The average Bonchev–Trinajstić information content (AvgIpc) is 3.15. The van der Waals surface area contributed by atoms with Gasteiger partial charge in [0.1, 0.15) is 11.5 Å². The van der Waals surface area contributed by atoms with Crippen molar-refractivity contribution in [2.45, 2.75) is 11.7 Å². The maximum atomic E-state index is 12.3. The number of ether oxygens (including phenoxy) is 2. The number of thioether (sulfide) groups is 1. The molecule has 29 heavy (non-hydrogen) atoms. The van der Waals surface area contributed by atoms with E-state index in [1.54, 1.807) is 26.4 Å². The molecule has 3 rings (SSSR count). The monoisotopic (exact) mass is 410 g/mol. The van der Waals surface area contributed by atoms with Crippen molar-refractivity contribution in [3.63, 3.8) is 0 Å². The summed E-state index contributed by atoms with van der Waals surface area (Å²) in [6, 6.07) is 14.8. The number of aromatic nitrogens is 3. The van der Waals surface area contributed by atoms with Crippen LogP contribution >= 0.6 is 11.8 Å². The smallest absolute Gasteiger partial charge is 0.234 e. The number of amides is 1. The van der Waals surface area contributed by atoms with E-state index in [-0.39, 0.29) is 11.7 Å². The van der Waals surface area contributed by atoms with Crippen LogP contribution in [-0.4, -0.2) is 40.6 Å². The Morgan fingerprint density at radius 2 is 1.90 bits per heavy atom. The van der Waals surface area contributed by atoms with Crippen molar-refractivity contribution >= 4 is 23.4 Å². The van der Waals surface area contributed by atoms with Gasteiger partial charge in [0.2, 0.25) is 5.91 Å². The first-order valence-electron chi connectivity index (χ1n) is 8.90. The predicted octanol–water partition coefficient (Wildman–Crippen LogP) is 3.88. The standard InChI is InChI=1S/C21H22N4O3S/c1-4-12-25-20(15-8-10-17(27-2)11-9-15)23-24-21(25)29-14-19(26)22-16-6-5-7-18(13-16)28-3/h4-11,13H,1,12,14H2,2-3H3,(H,22,26). The molecule has 0 radical (unpaired) electrons. The number of allylic oxidation sites excluding steroid dienone is 1. The number of hydrogen-bond donors (Lipinski definition) is 1. The second-order valence-electron chi connectivity index (χ2n) is 6.00. The average molecular weight is 410 g/mol. The Morgan fingerprint density at radius 1 is 1.14 bits per heavy atom. The largest absolute Gasteiger partial charge is 0.497 e. The molecule has 0 atom stereocenters. The van der Waals surface area contributed by atoms with Gasteiger partial charge in [-0.2, -0.15) is 0 Å². The highest BCUT2D eigenvalue weighted by molar-refractivity contribution is 7.99. The van der Waals surface area contributed by atoms with Crippen molar-refractivity contribution in [1.29, 1.82) is 0 Å². The highest BCUT2D eigenvalue weighted by Gasteiger charge is 2.15. The number of benzene rings is 2. The minimum atomic E-state index is -0.137. The normalized spacial score (nSPS) is 10.4. The van der Waals surface area contributed by atoms with Crippen LogP contribution in [0.2, 0.25) is 0 Å². The molecule has 0 aliphatic heterocycles. The minimum Gasteiger partial charge on any atom is -0.497 e. The highest BCUT2D eigenvalue weighted by Crippen LogP contribution is 2.26. The Hall–Kier alpha value is -3.26. The number of carbonyl (C=O) groups is 1. The third kappa shape index (κ3) is 5.17. The Morgan fingerprint density at radius 3 is 2.59 bits per heavy atom. The lowest BCUT2D eigenvalue weighted by Gasteiger charge is -2.09. The van der Waals surface area contributed by atoms with Gasteiger partial charge in [-0.15, -0.1) is 16.8 Å². The maximum Gasteiger partial charge on any atom is 0.234 e. The van der Waals surface area contributed by atoms with Crippen molar-refractivity contribution < 1.29 is 14.3 Å². The molecule has 7 nitrogen and oxygen atoms in total. The fourth-order valence-electron chi connectivity index (χ4n) is 2.67. The van der Waals surface area contributed by atoms with Gasteiger partial charge >= 0.3 is 0 Å². The zero-order chi connectivity index (χ0) is 20.6. The van der Waals surface area contributed by atoms with Crippen molar-refractivity contribution in [1.82, 2.24) is 14.8 Å². The van der Waals surface area contributed by atoms with Gasteiger partial charge in [0, 0.05) is 23.9 Å². The zero-order valence-corrected chi connectivity index (χ0v) is 17.1. The second kappa shape index (κ2) is 9.79. The second-order valence-corrected chi connectivity index (χ2v) is 6.95. The van der Waals surface area contributed by atoms with E-state index in [4.69, 9.17) is 9.47 Å². The number of rotatable bonds is 9. The molecule has 1 N–H and O–H groups in total. The maximum absolute atomic E-state index is 12.3. The summed E-state index contributed by atoms with van der Waals surface area (Å²) in [5.74, 6) is 2.23. The molecule has 3 aromatic rings. The van der Waals surface area contributed by atoms with E-state index in [0.29, 0.717) is 29.0 Å². The Kier molecular flexibility index (Phi) is 6.91. The van der Waals surface area contributed by atoms with Crippen molar-refractivity contribution in [3.05, 3.63) is 61.2 Å². The first kappa shape index (κ1) is 20.5. The van der Waals surface area contributed by atoms with Gasteiger partial charge in [-0.3, -0.25) is 9.36 Å². The van der Waals surface area contributed by atoms with Crippen LogP contribution in [0.25, 0.3) is 11.4 Å². The fourth-order valence-corrected chi connectivity index (χ4v) is 3.42. The lowest BCUT2D eigenvalue weighted by molar-refractivity contribution is -0.113. The van der Waals surface area contributed by atoms with E-state index in [1.165, 1.54) is 11.8 Å². The van der Waals surface area contributed by atoms with Crippen LogP contribution in [0.5, 0.6) is 11.5 Å². The number of nitrogens with one attached hydrogen (secondary N) is 1. The number of carbonyl (C=O) groups excluding carboxylic acids is 1. The summed E-state index contributed by atoms with van der Waals surface area (Å²) in [6.45, 7) is 4.35. The number of hydrogen-bond acceptors (Lipinski definition) is 6. The van der Waals surface area contributed by atoms with Crippen LogP contribution < -0.4 is 14.8 Å². The minimum absolute atomic E-state index is 0.137. The fraction of sp³-hybridized carbons (Fsp3) is 0.190. The van der Waals surface area contributed by atoms with Gasteiger partial charge in [0.25, 0.3) is 0 Å². The van der Waals surface area contributed by atoms with Crippen LogP contribution in [0.3, 0.4) is 0 Å². The first-order chi connectivity index (χ1) is 14.1. The molecule has 1 aromatic heterocycles. The van der Waals surface area contributed by atoms with Gasteiger partial charge in [-0.25, -0.2) is 0 Å². The quantitative estimate of drug-likeness (QED) is 0.426. The number of methoxy groups -OCH3 is 2. The van der Waals surface area contributed by atoms with Crippen molar-refractivity contribution in [3.8, 4) is 22.9 Å². The molecule has 8 heteroatoms. The Labute approximate surface area is 173 Å². The van der Waals surface area contributed by atoms with Gasteiger partial charge in [-0.1, -0.05) is 23.9 Å². The van der Waals surface area contributed by atoms with Gasteiger partial charge in [0.05, 0.1) is 20.0 Å². The van der Waals surface area contributed by atoms with E-state index in [0.717, 1.165) is 11.3 Å². The van der Waals surface area contributed by atoms with Gasteiger partial charge in [-0.05, 0) is 36.4 Å². The van der Waals surface area contributed by atoms with Gasteiger partial charge in [0.15, 0.2) is 11.0 Å². The lowest BCUT2D eigenvalue weighted by Crippen LogP contribution is -2.14. The molecule has 2 aromatic carbocycles. The van der Waals surface area contributed by atoms with Crippen LogP contribution in [0, 0.1) is 0 Å². The summed E-state index contributed by atoms with van der Waals surface area (Å²) < 4.78 is 12.3. The molecule has 1 amide bonds. The van der Waals surface area contributed by atoms with E-state index in [1.807, 2.05) is 47.0 Å². The molecule has 0 saturated heterocycles. The Bertz CT molecular complexity index is 986. The van der Waals surface area contributed by atoms with Gasteiger partial charge < -0.3 is 14.8 Å². The third-order valence-corrected chi connectivity index (χ3v) is 5.03. The Balaban J connectivity index is 1.70. The summed E-state index contributed by atoms with van der Waals surface area (Å²) in [4.78, 5) is 12.3. The van der Waals surface area contributed by atoms with Crippen LogP contribution in [0.4, 0.5) is 5.69 Å². The molecule has 0 bridgehead atoms. The molecule has 0 saturated carbocycles. The molecule has 0 fully saturated rings. The highest BCUT2D eigenvalue weighted by atomic mass is 32.2. The van der Waals surface area contributed by atoms with E-state index in [2.05, 4.69) is 22.1 Å². The van der Waals surface area contributed by atoms with E-state index >= 15 is 0 Å². The number of anilines is 1. The lowest BCUT2D eigenvalue weighted by atomic mass is 10.2. The van der Waals surface area contributed by atoms with Crippen molar-refractivity contribution in [2.24, 2.45) is 0 Å². The molecule has 1 heterocycles. The predicted molar refractivity (Wildman–Crippen MR) is 115 cm³/mol. The topological polar surface area (TPSA) is 78.3 Å². The molecule has 0 aliphatic rings. The third-order valence-electron chi connectivity index (χ3n) is 4.06.